The third-order valence-corrected chi connectivity index (χ3v) is 4.44. The van der Waals surface area contributed by atoms with Gasteiger partial charge < -0.3 is 39.1 Å². The summed E-state index contributed by atoms with van der Waals surface area (Å²) >= 11 is 0. The molecular formula is C20H36O8. The van der Waals surface area contributed by atoms with Gasteiger partial charge in [0.1, 0.15) is 12.4 Å². The fourth-order valence-corrected chi connectivity index (χ4v) is 2.57. The van der Waals surface area contributed by atoms with Gasteiger partial charge in [-0.25, -0.2) is 0 Å². The smallest absolute Gasteiger partial charge is 0.129 e. The summed E-state index contributed by atoms with van der Waals surface area (Å²) in [5, 5.41) is 33.6. The Hall–Kier alpha value is -1.00. The number of rotatable bonds is 4. The summed E-state index contributed by atoms with van der Waals surface area (Å²) in [4.78, 5) is 0. The van der Waals surface area contributed by atoms with Crippen molar-refractivity contribution < 1.29 is 39.1 Å². The molecule has 8 nitrogen and oxygen atoms in total. The minimum atomic E-state index is -0.00694. The zero-order chi connectivity index (χ0) is 20.5. The van der Waals surface area contributed by atoms with Crippen molar-refractivity contribution in [3.63, 3.8) is 0 Å². The van der Waals surface area contributed by atoms with Crippen LogP contribution < -0.4 is 0 Å². The summed E-state index contributed by atoms with van der Waals surface area (Å²) in [6.07, 6.45) is 8.61. The van der Waals surface area contributed by atoms with Crippen LogP contribution in [0.4, 0.5) is 0 Å². The molecule has 3 fully saturated rings. The lowest BCUT2D eigenvalue weighted by molar-refractivity contribution is -0.0773. The number of aliphatic hydroxyl groups is 4. The van der Waals surface area contributed by atoms with Gasteiger partial charge in [-0.2, -0.15) is 0 Å². The minimum absolute atomic E-state index is 0.00694. The van der Waals surface area contributed by atoms with Crippen molar-refractivity contribution >= 4 is 0 Å². The Labute approximate surface area is 167 Å². The predicted molar refractivity (Wildman–Crippen MR) is 103 cm³/mol. The Bertz CT molecular complexity index is 421. The molecule has 0 saturated carbocycles. The molecule has 0 aliphatic carbocycles. The first-order chi connectivity index (χ1) is 13.7. The molecule has 0 aromatic carbocycles. The molecule has 3 aliphatic rings. The van der Waals surface area contributed by atoms with Crippen LogP contribution in [0.15, 0.2) is 22.8 Å². The second-order valence-corrected chi connectivity index (χ2v) is 6.69. The van der Waals surface area contributed by atoms with E-state index in [9.17, 15) is 0 Å². The zero-order valence-corrected chi connectivity index (χ0v) is 16.6. The van der Waals surface area contributed by atoms with Crippen molar-refractivity contribution in [2.24, 2.45) is 0 Å². The molecule has 4 heterocycles. The average Bonchev–Trinajstić information content (AvgIpc) is 3.43. The van der Waals surface area contributed by atoms with Gasteiger partial charge in [-0.1, -0.05) is 0 Å². The molecule has 164 valence electrons. The third kappa shape index (κ3) is 11.8. The maximum absolute atomic E-state index is 8.57. The number of aliphatic hydroxyl groups excluding tert-OH is 4. The van der Waals surface area contributed by atoms with Gasteiger partial charge in [-0.3, -0.25) is 0 Å². The van der Waals surface area contributed by atoms with E-state index >= 15 is 0 Å². The van der Waals surface area contributed by atoms with Crippen molar-refractivity contribution in [3.8, 4) is 0 Å². The van der Waals surface area contributed by atoms with Crippen LogP contribution in [0.25, 0.3) is 0 Å². The SMILES string of the molecule is OCC1CCCCO1.OCC1CCCO1.OCC1CCO1.OCc1ccco1. The first-order valence-electron chi connectivity index (χ1n) is 10.0. The number of furan rings is 1. The van der Waals surface area contributed by atoms with Gasteiger partial charge in [0.15, 0.2) is 0 Å². The highest BCUT2D eigenvalue weighted by atomic mass is 16.5. The lowest BCUT2D eigenvalue weighted by Gasteiger charge is -2.23. The first-order valence-corrected chi connectivity index (χ1v) is 10.0. The molecule has 3 unspecified atom stereocenters. The Morgan fingerprint density at radius 3 is 1.50 bits per heavy atom. The maximum Gasteiger partial charge on any atom is 0.129 e. The van der Waals surface area contributed by atoms with Crippen molar-refractivity contribution in [1.82, 2.24) is 0 Å². The molecule has 1 aromatic heterocycles. The molecule has 8 heteroatoms. The van der Waals surface area contributed by atoms with E-state index in [1.165, 1.54) is 12.7 Å². The van der Waals surface area contributed by atoms with Gasteiger partial charge in [-0.05, 0) is 50.7 Å². The minimum Gasteiger partial charge on any atom is -0.467 e. The van der Waals surface area contributed by atoms with Crippen LogP contribution in [0.1, 0.15) is 44.3 Å². The van der Waals surface area contributed by atoms with Gasteiger partial charge in [0.25, 0.3) is 0 Å². The van der Waals surface area contributed by atoms with Gasteiger partial charge in [0.05, 0.1) is 44.4 Å². The molecule has 3 atom stereocenters. The monoisotopic (exact) mass is 404 g/mol. The second-order valence-electron chi connectivity index (χ2n) is 6.69. The maximum atomic E-state index is 8.57. The Morgan fingerprint density at radius 2 is 1.25 bits per heavy atom. The molecule has 3 aliphatic heterocycles. The molecule has 28 heavy (non-hydrogen) atoms. The van der Waals surface area contributed by atoms with Crippen LogP contribution in [-0.4, -0.2) is 78.4 Å². The summed E-state index contributed by atoms with van der Waals surface area (Å²) in [5.74, 6) is 0.611. The van der Waals surface area contributed by atoms with Crippen molar-refractivity contribution in [3.05, 3.63) is 24.2 Å². The summed E-state index contributed by atoms with van der Waals surface area (Å²) in [6.45, 7) is 3.09. The highest BCUT2D eigenvalue weighted by Gasteiger charge is 2.15. The van der Waals surface area contributed by atoms with Crippen LogP contribution in [0.2, 0.25) is 0 Å². The number of ether oxygens (including phenoxy) is 3. The predicted octanol–water partition coefficient (Wildman–Crippen LogP) is 1.24. The van der Waals surface area contributed by atoms with Crippen LogP contribution in [0, 0.1) is 0 Å². The standard InChI is InChI=1S/C6H12O2.C5H10O2.C5H6O2.C4H8O2/c7-5-6-3-1-2-4-8-6;2*6-4-5-2-1-3-7-5;5-3-4-1-2-6-4/h6-7H,1-5H2;5-6H,1-4H2;1-3,6H,4H2;4-5H,1-3H2. The largest absolute Gasteiger partial charge is 0.467 e. The highest BCUT2D eigenvalue weighted by molar-refractivity contribution is 4.95. The first kappa shape index (κ1) is 25.0. The lowest BCUT2D eigenvalue weighted by atomic mass is 10.1. The topological polar surface area (TPSA) is 122 Å². The van der Waals surface area contributed by atoms with E-state index in [0.717, 1.165) is 51.9 Å². The highest BCUT2D eigenvalue weighted by Crippen LogP contribution is 2.11. The molecule has 3 saturated heterocycles. The molecule has 0 radical (unpaired) electrons. The summed E-state index contributed by atoms with van der Waals surface area (Å²) in [5.41, 5.74) is 0. The van der Waals surface area contributed by atoms with E-state index in [1.54, 1.807) is 12.1 Å². The Morgan fingerprint density at radius 1 is 0.714 bits per heavy atom. The molecular weight excluding hydrogens is 368 g/mol. The lowest BCUT2D eigenvalue weighted by Crippen LogP contribution is -2.29. The summed E-state index contributed by atoms with van der Waals surface area (Å²) in [6, 6.07) is 3.46. The van der Waals surface area contributed by atoms with E-state index in [1.807, 2.05) is 0 Å². The number of hydrogen-bond acceptors (Lipinski definition) is 8. The molecule has 4 rings (SSSR count). The van der Waals surface area contributed by atoms with Gasteiger partial charge >= 0.3 is 0 Å². The van der Waals surface area contributed by atoms with Crippen molar-refractivity contribution in [2.45, 2.75) is 63.4 Å². The fourth-order valence-electron chi connectivity index (χ4n) is 2.57. The van der Waals surface area contributed by atoms with Crippen LogP contribution in [-0.2, 0) is 20.8 Å². The van der Waals surface area contributed by atoms with Gasteiger partial charge in [0, 0.05) is 19.8 Å². The quantitative estimate of drug-likeness (QED) is 0.591. The van der Waals surface area contributed by atoms with E-state index in [-0.39, 0.29) is 44.7 Å². The fraction of sp³-hybridized carbons (Fsp3) is 0.800. The van der Waals surface area contributed by atoms with Crippen LogP contribution >= 0.6 is 0 Å². The van der Waals surface area contributed by atoms with Gasteiger partial charge in [-0.15, -0.1) is 0 Å². The van der Waals surface area contributed by atoms with E-state index in [0.29, 0.717) is 5.76 Å². The molecule has 0 amide bonds. The Balaban J connectivity index is 0.000000188. The van der Waals surface area contributed by atoms with Crippen LogP contribution in [0.3, 0.4) is 0 Å². The average molecular weight is 405 g/mol. The van der Waals surface area contributed by atoms with Crippen molar-refractivity contribution in [1.29, 1.82) is 0 Å². The normalized spacial score (nSPS) is 25.8. The molecule has 1 aromatic rings. The van der Waals surface area contributed by atoms with E-state index < -0.39 is 0 Å². The molecule has 4 N–H and O–H groups in total. The van der Waals surface area contributed by atoms with E-state index in [4.69, 9.17) is 39.1 Å². The summed E-state index contributed by atoms with van der Waals surface area (Å²) in [7, 11) is 0. The zero-order valence-electron chi connectivity index (χ0n) is 16.6. The summed E-state index contributed by atoms with van der Waals surface area (Å²) < 4.78 is 19.8. The van der Waals surface area contributed by atoms with Crippen molar-refractivity contribution in [2.75, 3.05) is 39.6 Å². The third-order valence-electron chi connectivity index (χ3n) is 4.44. The number of hydrogen-bond donors (Lipinski definition) is 4. The van der Waals surface area contributed by atoms with E-state index in [2.05, 4.69) is 0 Å². The second kappa shape index (κ2) is 16.9. The Kier molecular flexibility index (Phi) is 15.1. The van der Waals surface area contributed by atoms with Crippen LogP contribution in [0.5, 0.6) is 0 Å². The molecule has 0 spiro atoms. The molecule has 0 bridgehead atoms. The van der Waals surface area contributed by atoms with Gasteiger partial charge in [0.2, 0.25) is 0 Å².